The molecule has 0 aliphatic heterocycles. The van der Waals surface area contributed by atoms with Gasteiger partial charge in [-0.05, 0) is 18.5 Å². The first-order valence-electron chi connectivity index (χ1n) is 3.58. The highest BCUT2D eigenvalue weighted by Gasteiger charge is 2.08. The molecular weight excluding hydrogens is 250 g/mol. The van der Waals surface area contributed by atoms with Crippen molar-refractivity contribution in [1.29, 1.82) is 5.26 Å². The van der Waals surface area contributed by atoms with E-state index in [0.717, 1.165) is 15.2 Å². The highest BCUT2D eigenvalue weighted by Crippen LogP contribution is 2.23. The van der Waals surface area contributed by atoms with E-state index in [4.69, 9.17) is 5.26 Å². The van der Waals surface area contributed by atoms with Crippen molar-refractivity contribution in [3.63, 3.8) is 0 Å². The summed E-state index contributed by atoms with van der Waals surface area (Å²) < 4.78 is 4.93. The zero-order valence-corrected chi connectivity index (χ0v) is 9.50. The SMILES string of the molecule is C=C(Br)CNc1snc(C)c1C#N. The standard InChI is InChI=1S/C8H8BrN3S/c1-5(9)4-11-8-7(3-10)6(2)12-13-8/h11H,1,4H2,2H3. The fourth-order valence-electron chi connectivity index (χ4n) is 0.798. The van der Waals surface area contributed by atoms with Gasteiger partial charge in [0.2, 0.25) is 0 Å². The second-order valence-corrected chi connectivity index (χ2v) is 4.35. The molecule has 0 aromatic carbocycles. The number of nitriles is 1. The Hall–Kier alpha value is -0.860. The van der Waals surface area contributed by atoms with Crippen LogP contribution in [0.1, 0.15) is 11.3 Å². The van der Waals surface area contributed by atoms with E-state index < -0.39 is 0 Å². The van der Waals surface area contributed by atoms with Gasteiger partial charge in [0, 0.05) is 11.0 Å². The van der Waals surface area contributed by atoms with E-state index in [2.05, 4.69) is 38.3 Å². The van der Waals surface area contributed by atoms with Crippen LogP contribution in [-0.4, -0.2) is 10.9 Å². The Morgan fingerprint density at radius 2 is 2.54 bits per heavy atom. The molecule has 5 heteroatoms. The van der Waals surface area contributed by atoms with E-state index in [1.165, 1.54) is 11.5 Å². The number of aryl methyl sites for hydroxylation is 1. The van der Waals surface area contributed by atoms with Crippen LogP contribution in [0.3, 0.4) is 0 Å². The molecule has 0 bridgehead atoms. The fourth-order valence-corrected chi connectivity index (χ4v) is 1.68. The predicted octanol–water partition coefficient (Wildman–Crippen LogP) is 2.64. The van der Waals surface area contributed by atoms with Gasteiger partial charge in [0.1, 0.15) is 16.6 Å². The van der Waals surface area contributed by atoms with Gasteiger partial charge in [0.05, 0.1) is 5.69 Å². The first kappa shape index (κ1) is 10.2. The Morgan fingerprint density at radius 1 is 1.85 bits per heavy atom. The minimum atomic E-state index is 0.607. The summed E-state index contributed by atoms with van der Waals surface area (Å²) in [6.07, 6.45) is 0. The molecule has 13 heavy (non-hydrogen) atoms. The van der Waals surface area contributed by atoms with Crippen LogP contribution in [0.2, 0.25) is 0 Å². The molecule has 0 saturated carbocycles. The molecule has 1 N–H and O–H groups in total. The van der Waals surface area contributed by atoms with Gasteiger partial charge in [-0.1, -0.05) is 22.5 Å². The summed E-state index contributed by atoms with van der Waals surface area (Å²) in [5, 5.41) is 12.7. The number of nitrogens with one attached hydrogen (secondary N) is 1. The maximum Gasteiger partial charge on any atom is 0.128 e. The largest absolute Gasteiger partial charge is 0.370 e. The number of aromatic nitrogens is 1. The summed E-state index contributed by atoms with van der Waals surface area (Å²) in [6.45, 7) is 6.12. The topological polar surface area (TPSA) is 48.7 Å². The molecule has 0 saturated heterocycles. The van der Waals surface area contributed by atoms with Crippen molar-refractivity contribution in [2.24, 2.45) is 0 Å². The second kappa shape index (κ2) is 4.40. The van der Waals surface area contributed by atoms with E-state index in [-0.39, 0.29) is 0 Å². The summed E-state index contributed by atoms with van der Waals surface area (Å²) >= 11 is 4.53. The van der Waals surface area contributed by atoms with Crippen LogP contribution in [-0.2, 0) is 0 Å². The van der Waals surface area contributed by atoms with E-state index in [0.29, 0.717) is 12.1 Å². The van der Waals surface area contributed by atoms with Crippen LogP contribution in [0.15, 0.2) is 11.1 Å². The predicted molar refractivity (Wildman–Crippen MR) is 58.1 cm³/mol. The molecule has 0 unspecified atom stereocenters. The van der Waals surface area contributed by atoms with Crippen LogP contribution in [0.5, 0.6) is 0 Å². The summed E-state index contributed by atoms with van der Waals surface area (Å²) in [4.78, 5) is 0. The van der Waals surface area contributed by atoms with Gasteiger partial charge in [-0.3, -0.25) is 0 Å². The highest BCUT2D eigenvalue weighted by atomic mass is 79.9. The third-order valence-corrected chi connectivity index (χ3v) is 2.59. The van der Waals surface area contributed by atoms with E-state index in [9.17, 15) is 0 Å². The van der Waals surface area contributed by atoms with Crippen molar-refractivity contribution >= 4 is 32.5 Å². The first-order chi connectivity index (χ1) is 6.15. The van der Waals surface area contributed by atoms with Gasteiger partial charge in [0.15, 0.2) is 0 Å². The number of hydrogen-bond acceptors (Lipinski definition) is 4. The molecule has 68 valence electrons. The van der Waals surface area contributed by atoms with Gasteiger partial charge in [0.25, 0.3) is 0 Å². The maximum atomic E-state index is 8.80. The molecular formula is C8H8BrN3S. The van der Waals surface area contributed by atoms with Gasteiger partial charge in [-0.15, -0.1) is 0 Å². The number of rotatable bonds is 3. The lowest BCUT2D eigenvalue weighted by atomic mass is 10.3. The second-order valence-electron chi connectivity index (χ2n) is 2.45. The highest BCUT2D eigenvalue weighted by molar-refractivity contribution is 9.11. The fraction of sp³-hybridized carbons (Fsp3) is 0.250. The normalized spacial score (nSPS) is 9.31. The van der Waals surface area contributed by atoms with Gasteiger partial charge in [-0.25, -0.2) is 0 Å². The minimum Gasteiger partial charge on any atom is -0.370 e. The van der Waals surface area contributed by atoms with Gasteiger partial charge in [-0.2, -0.15) is 9.64 Å². The zero-order valence-electron chi connectivity index (χ0n) is 7.09. The number of halogens is 1. The van der Waals surface area contributed by atoms with Crippen molar-refractivity contribution in [2.75, 3.05) is 11.9 Å². The summed E-state index contributed by atoms with van der Waals surface area (Å²) in [5.41, 5.74) is 1.40. The van der Waals surface area contributed by atoms with E-state index >= 15 is 0 Å². The van der Waals surface area contributed by atoms with Crippen molar-refractivity contribution in [1.82, 2.24) is 4.37 Å². The Kier molecular flexibility index (Phi) is 3.46. The number of nitrogens with zero attached hydrogens (tertiary/aromatic N) is 2. The molecule has 1 aromatic rings. The summed E-state index contributed by atoms with van der Waals surface area (Å²) in [7, 11) is 0. The molecule has 1 heterocycles. The molecule has 0 atom stereocenters. The average molecular weight is 258 g/mol. The molecule has 0 fully saturated rings. The first-order valence-corrected chi connectivity index (χ1v) is 5.15. The van der Waals surface area contributed by atoms with Crippen LogP contribution in [0.4, 0.5) is 5.00 Å². The molecule has 0 aliphatic carbocycles. The van der Waals surface area contributed by atoms with E-state index in [1.54, 1.807) is 0 Å². The summed E-state index contributed by atoms with van der Waals surface area (Å²) in [5.74, 6) is 0. The summed E-state index contributed by atoms with van der Waals surface area (Å²) in [6, 6.07) is 2.11. The van der Waals surface area contributed by atoms with Crippen molar-refractivity contribution in [3.05, 3.63) is 22.3 Å². The molecule has 0 radical (unpaired) electrons. The number of hydrogen-bond donors (Lipinski definition) is 1. The van der Waals surface area contributed by atoms with Gasteiger partial charge < -0.3 is 5.32 Å². The van der Waals surface area contributed by atoms with Gasteiger partial charge >= 0.3 is 0 Å². The lowest BCUT2D eigenvalue weighted by molar-refractivity contribution is 1.29. The van der Waals surface area contributed by atoms with Crippen LogP contribution in [0.25, 0.3) is 0 Å². The molecule has 1 aromatic heterocycles. The Morgan fingerprint density at radius 3 is 3.08 bits per heavy atom. The average Bonchev–Trinajstić information content (AvgIpc) is 2.42. The number of anilines is 1. The zero-order chi connectivity index (χ0) is 9.84. The van der Waals surface area contributed by atoms with Crippen molar-refractivity contribution < 1.29 is 0 Å². The third-order valence-electron chi connectivity index (χ3n) is 1.42. The third kappa shape index (κ3) is 2.54. The molecule has 1 rings (SSSR count). The molecule has 0 aliphatic rings. The monoisotopic (exact) mass is 257 g/mol. The quantitative estimate of drug-likeness (QED) is 0.906. The molecule has 3 nitrogen and oxygen atoms in total. The maximum absolute atomic E-state index is 8.80. The smallest absolute Gasteiger partial charge is 0.128 e. The van der Waals surface area contributed by atoms with Crippen molar-refractivity contribution in [3.8, 4) is 6.07 Å². The Balaban J connectivity index is 2.78. The van der Waals surface area contributed by atoms with Crippen LogP contribution < -0.4 is 5.32 Å². The Bertz CT molecular complexity index is 364. The van der Waals surface area contributed by atoms with E-state index in [1.807, 2.05) is 6.92 Å². The molecule has 0 spiro atoms. The lowest BCUT2D eigenvalue weighted by Crippen LogP contribution is -1.99. The Labute approximate surface area is 89.4 Å². The van der Waals surface area contributed by atoms with Crippen molar-refractivity contribution in [2.45, 2.75) is 6.92 Å². The minimum absolute atomic E-state index is 0.607. The van der Waals surface area contributed by atoms with Crippen LogP contribution >= 0.6 is 27.5 Å². The molecule has 0 amide bonds. The van der Waals surface area contributed by atoms with Crippen LogP contribution in [0, 0.1) is 18.3 Å². The lowest BCUT2D eigenvalue weighted by Gasteiger charge is -2.00.